The first-order valence-corrected chi connectivity index (χ1v) is 6.51. The molecular weight excluding hydrogens is 331 g/mol. The minimum absolute atomic E-state index is 0.375. The van der Waals surface area contributed by atoms with Gasteiger partial charge in [-0.25, -0.2) is 4.99 Å². The fourth-order valence-corrected chi connectivity index (χ4v) is 1.61. The molecule has 19 heavy (non-hydrogen) atoms. The summed E-state index contributed by atoms with van der Waals surface area (Å²) in [5, 5.41) is 4.51. The number of benzene rings is 1. The first-order valence-electron chi connectivity index (χ1n) is 4.97. The highest BCUT2D eigenvalue weighted by Gasteiger charge is 2.33. The molecule has 0 saturated heterocycles. The molecule has 0 radical (unpaired) electrons. The maximum Gasteiger partial charge on any atom is 0.253 e. The summed E-state index contributed by atoms with van der Waals surface area (Å²) in [6.45, 7) is 0. The molecule has 1 rings (SSSR count). The molecule has 0 heterocycles. The zero-order valence-electron chi connectivity index (χ0n) is 9.69. The van der Waals surface area contributed by atoms with Gasteiger partial charge in [0, 0.05) is 5.56 Å². The van der Waals surface area contributed by atoms with E-state index in [1.807, 2.05) is 0 Å². The molecule has 0 saturated carbocycles. The largest absolute Gasteiger partial charge is 0.497 e. The molecule has 102 valence electrons. The minimum atomic E-state index is -1.81. The zero-order valence-corrected chi connectivity index (χ0v) is 12.8. The Bertz CT molecular complexity index is 496. The van der Waals surface area contributed by atoms with Crippen molar-refractivity contribution in [1.82, 2.24) is 5.32 Å². The summed E-state index contributed by atoms with van der Waals surface area (Å²) in [6.07, 6.45) is -1.11. The number of carbonyl (C=O) groups excluding carboxylic acids is 1. The van der Waals surface area contributed by atoms with Crippen LogP contribution in [0, 0.1) is 0 Å². The van der Waals surface area contributed by atoms with Crippen molar-refractivity contribution >= 4 is 58.1 Å². The van der Waals surface area contributed by atoms with Gasteiger partial charge in [-0.1, -0.05) is 34.8 Å². The molecule has 0 spiro atoms. The molecule has 0 aromatic heterocycles. The van der Waals surface area contributed by atoms with E-state index < -0.39 is 15.9 Å². The van der Waals surface area contributed by atoms with E-state index in [4.69, 9.17) is 39.5 Å². The molecule has 4 nitrogen and oxygen atoms in total. The summed E-state index contributed by atoms with van der Waals surface area (Å²) in [6, 6.07) is 6.43. The number of aliphatic imine (C=N–C) groups is 1. The van der Waals surface area contributed by atoms with Crippen molar-refractivity contribution in [1.29, 1.82) is 0 Å². The quantitative estimate of drug-likeness (QED) is 0.520. The molecule has 0 bridgehead atoms. The van der Waals surface area contributed by atoms with E-state index in [9.17, 15) is 4.79 Å². The molecule has 0 fully saturated rings. The third-order valence-corrected chi connectivity index (χ3v) is 2.84. The number of alkyl halides is 3. The topological polar surface area (TPSA) is 50.7 Å². The Kier molecular flexibility index (Phi) is 6.04. The van der Waals surface area contributed by atoms with Gasteiger partial charge in [-0.2, -0.15) is 0 Å². The number of ether oxygens (including phenoxy) is 1. The Morgan fingerprint density at radius 3 is 2.42 bits per heavy atom. The van der Waals surface area contributed by atoms with Gasteiger partial charge in [-0.3, -0.25) is 4.79 Å². The lowest BCUT2D eigenvalue weighted by Crippen LogP contribution is -2.42. The van der Waals surface area contributed by atoms with Crippen LogP contribution in [0.5, 0.6) is 5.75 Å². The summed E-state index contributed by atoms with van der Waals surface area (Å²) in [5.74, 6) is 0.180. The van der Waals surface area contributed by atoms with Crippen molar-refractivity contribution in [3.8, 4) is 5.75 Å². The Morgan fingerprint density at radius 1 is 1.42 bits per heavy atom. The highest BCUT2D eigenvalue weighted by Crippen LogP contribution is 2.31. The van der Waals surface area contributed by atoms with Crippen LogP contribution in [0.2, 0.25) is 0 Å². The molecule has 0 aliphatic carbocycles. The van der Waals surface area contributed by atoms with E-state index in [2.05, 4.69) is 27.7 Å². The number of carbonyl (C=O) groups is 1. The maximum atomic E-state index is 11.9. The van der Waals surface area contributed by atoms with Crippen LogP contribution in [0.4, 0.5) is 0 Å². The fraction of sp³-hybridized carbons (Fsp3) is 0.273. The number of isothiocyanates is 1. The summed E-state index contributed by atoms with van der Waals surface area (Å²) in [7, 11) is 1.53. The second-order valence-corrected chi connectivity index (χ2v) is 5.92. The first kappa shape index (κ1) is 16.2. The van der Waals surface area contributed by atoms with E-state index in [1.165, 1.54) is 7.11 Å². The van der Waals surface area contributed by atoms with Crippen LogP contribution in [0.3, 0.4) is 0 Å². The molecule has 1 aromatic rings. The van der Waals surface area contributed by atoms with E-state index in [-0.39, 0.29) is 0 Å². The second kappa shape index (κ2) is 7.08. The molecular formula is C11H9Cl3N2O2S. The highest BCUT2D eigenvalue weighted by molar-refractivity contribution is 7.78. The highest BCUT2D eigenvalue weighted by atomic mass is 35.6. The lowest BCUT2D eigenvalue weighted by molar-refractivity contribution is 0.0939. The smallest absolute Gasteiger partial charge is 0.253 e. The van der Waals surface area contributed by atoms with Crippen LogP contribution in [-0.4, -0.2) is 28.1 Å². The SMILES string of the molecule is COc1ccc(C(=O)N[C@H](N=C=S)C(Cl)(Cl)Cl)cc1. The van der Waals surface area contributed by atoms with Crippen LogP contribution in [0.25, 0.3) is 0 Å². The lowest BCUT2D eigenvalue weighted by Gasteiger charge is -2.20. The van der Waals surface area contributed by atoms with E-state index in [0.29, 0.717) is 11.3 Å². The van der Waals surface area contributed by atoms with Gasteiger partial charge in [-0.15, -0.1) is 0 Å². The van der Waals surface area contributed by atoms with Gasteiger partial charge in [-0.05, 0) is 36.5 Å². The second-order valence-electron chi connectivity index (χ2n) is 3.37. The van der Waals surface area contributed by atoms with Gasteiger partial charge in [0.1, 0.15) is 5.75 Å². The van der Waals surface area contributed by atoms with Gasteiger partial charge in [0.25, 0.3) is 5.91 Å². The minimum Gasteiger partial charge on any atom is -0.497 e. The van der Waals surface area contributed by atoms with E-state index >= 15 is 0 Å². The number of nitrogens with one attached hydrogen (secondary N) is 1. The predicted octanol–water partition coefficient (Wildman–Crippen LogP) is 3.22. The summed E-state index contributed by atoms with van der Waals surface area (Å²) < 4.78 is 3.17. The van der Waals surface area contributed by atoms with Crippen LogP contribution >= 0.6 is 47.0 Å². The van der Waals surface area contributed by atoms with Crippen LogP contribution in [-0.2, 0) is 0 Å². The fourth-order valence-electron chi connectivity index (χ4n) is 1.19. The van der Waals surface area contributed by atoms with Gasteiger partial charge in [0.15, 0.2) is 6.17 Å². The molecule has 1 N–H and O–H groups in total. The number of thiocarbonyl (C=S) groups is 1. The average Bonchev–Trinajstić information content (AvgIpc) is 2.37. The van der Waals surface area contributed by atoms with Crippen molar-refractivity contribution in [3.63, 3.8) is 0 Å². The van der Waals surface area contributed by atoms with Gasteiger partial charge < -0.3 is 10.1 Å². The molecule has 1 atom stereocenters. The number of hydrogen-bond donors (Lipinski definition) is 1. The third-order valence-electron chi connectivity index (χ3n) is 2.11. The average molecular weight is 340 g/mol. The Labute approximate surface area is 130 Å². The number of hydrogen-bond acceptors (Lipinski definition) is 4. The van der Waals surface area contributed by atoms with E-state index in [1.54, 1.807) is 24.3 Å². The van der Waals surface area contributed by atoms with Crippen molar-refractivity contribution in [2.45, 2.75) is 9.96 Å². The van der Waals surface area contributed by atoms with Crippen molar-refractivity contribution < 1.29 is 9.53 Å². The lowest BCUT2D eigenvalue weighted by atomic mass is 10.2. The third kappa shape index (κ3) is 4.97. The normalized spacial score (nSPS) is 12.2. The molecule has 0 aliphatic rings. The number of halogens is 3. The van der Waals surface area contributed by atoms with E-state index in [0.717, 1.165) is 0 Å². The van der Waals surface area contributed by atoms with Crippen molar-refractivity contribution in [2.24, 2.45) is 4.99 Å². The number of methoxy groups -OCH3 is 1. The van der Waals surface area contributed by atoms with Crippen LogP contribution in [0.15, 0.2) is 29.3 Å². The molecule has 0 unspecified atom stereocenters. The van der Waals surface area contributed by atoms with Gasteiger partial charge >= 0.3 is 0 Å². The number of nitrogens with zero attached hydrogens (tertiary/aromatic N) is 1. The van der Waals surface area contributed by atoms with Gasteiger partial charge in [0.2, 0.25) is 3.79 Å². The monoisotopic (exact) mass is 338 g/mol. The van der Waals surface area contributed by atoms with Gasteiger partial charge in [0.05, 0.1) is 12.3 Å². The zero-order chi connectivity index (χ0) is 14.5. The Balaban J connectivity index is 2.84. The van der Waals surface area contributed by atoms with Crippen LogP contribution < -0.4 is 10.1 Å². The molecule has 8 heteroatoms. The Hall–Kier alpha value is -0.840. The molecule has 0 aliphatic heterocycles. The Morgan fingerprint density at radius 2 is 2.00 bits per heavy atom. The molecule has 1 aromatic carbocycles. The van der Waals surface area contributed by atoms with Crippen molar-refractivity contribution in [3.05, 3.63) is 29.8 Å². The maximum absolute atomic E-state index is 11.9. The first-order chi connectivity index (χ1) is 8.88. The number of rotatable bonds is 4. The summed E-state index contributed by atoms with van der Waals surface area (Å²) >= 11 is 21.5. The summed E-state index contributed by atoms with van der Waals surface area (Å²) in [5.41, 5.74) is 0.375. The molecule has 1 amide bonds. The van der Waals surface area contributed by atoms with Crippen molar-refractivity contribution in [2.75, 3.05) is 7.11 Å². The standard InChI is InChI=1S/C11H9Cl3N2O2S/c1-18-8-4-2-7(3-5-8)9(17)16-10(15-6-19)11(12,13)14/h2-5,10H,1H3,(H,16,17)/t10-/m0/s1. The number of amides is 1. The summed E-state index contributed by atoms with van der Waals surface area (Å²) in [4.78, 5) is 15.5. The van der Waals surface area contributed by atoms with Crippen LogP contribution in [0.1, 0.15) is 10.4 Å². The predicted molar refractivity (Wildman–Crippen MR) is 79.6 cm³/mol.